The maximum atomic E-state index is 10.6. The molecular formula is C11H11ClN2O2. The third-order valence-corrected chi connectivity index (χ3v) is 1.84. The lowest BCUT2D eigenvalue weighted by atomic mass is 10.2. The van der Waals surface area contributed by atoms with E-state index in [9.17, 15) is 4.79 Å². The summed E-state index contributed by atoms with van der Waals surface area (Å²) in [6.45, 7) is 0. The second-order valence-electron chi connectivity index (χ2n) is 2.80. The molecule has 0 fully saturated rings. The number of carbonyl (C=O) groups excluding carboxylic acids is 1. The monoisotopic (exact) mass is 238 g/mol. The highest BCUT2D eigenvalue weighted by molar-refractivity contribution is 6.41. The Kier molecular flexibility index (Phi) is 5.08. The zero-order valence-corrected chi connectivity index (χ0v) is 9.44. The normalized spacial score (nSPS) is 11.5. The lowest BCUT2D eigenvalue weighted by molar-refractivity contribution is 0.171. The van der Waals surface area contributed by atoms with Crippen LogP contribution in [0.5, 0.6) is 0 Å². The van der Waals surface area contributed by atoms with Crippen LogP contribution in [0.25, 0.3) is 6.08 Å². The van der Waals surface area contributed by atoms with Gasteiger partial charge in [-0.15, -0.1) is 0 Å². The van der Waals surface area contributed by atoms with Gasteiger partial charge in [0.1, 0.15) is 0 Å². The molecule has 0 saturated carbocycles. The first-order valence-corrected chi connectivity index (χ1v) is 4.89. The smallest absolute Gasteiger partial charge is 0.427 e. The summed E-state index contributed by atoms with van der Waals surface area (Å²) in [4.78, 5) is 10.6. The van der Waals surface area contributed by atoms with Gasteiger partial charge < -0.3 is 4.74 Å². The Morgan fingerprint density at radius 3 is 2.75 bits per heavy atom. The third-order valence-electron chi connectivity index (χ3n) is 1.63. The van der Waals surface area contributed by atoms with Gasteiger partial charge in [0.25, 0.3) is 0 Å². The van der Waals surface area contributed by atoms with Crippen LogP contribution < -0.4 is 5.43 Å². The zero-order chi connectivity index (χ0) is 11.8. The van der Waals surface area contributed by atoms with Crippen LogP contribution in [0, 0.1) is 0 Å². The molecule has 5 heteroatoms. The maximum Gasteiger partial charge on any atom is 0.427 e. The number of nitrogens with one attached hydrogen (secondary N) is 1. The highest BCUT2D eigenvalue weighted by Crippen LogP contribution is 2.07. The second-order valence-corrected chi connectivity index (χ2v) is 3.24. The van der Waals surface area contributed by atoms with Gasteiger partial charge in [-0.25, -0.2) is 10.2 Å². The van der Waals surface area contributed by atoms with Gasteiger partial charge in [-0.05, 0) is 11.6 Å². The molecule has 4 nitrogen and oxygen atoms in total. The number of hydrogen-bond donors (Lipinski definition) is 1. The Morgan fingerprint density at radius 2 is 2.12 bits per heavy atom. The van der Waals surface area contributed by atoms with Crippen LogP contribution in [0.15, 0.2) is 40.5 Å². The number of hydrazone groups is 1. The van der Waals surface area contributed by atoms with E-state index in [-0.39, 0.29) is 0 Å². The van der Waals surface area contributed by atoms with Crippen molar-refractivity contribution in [1.82, 2.24) is 5.43 Å². The third kappa shape index (κ3) is 4.61. The van der Waals surface area contributed by atoms with Crippen LogP contribution in [0.2, 0.25) is 0 Å². The molecule has 0 aromatic heterocycles. The molecule has 0 saturated heterocycles. The number of carbonyl (C=O) groups is 1. The van der Waals surface area contributed by atoms with E-state index >= 15 is 0 Å². The van der Waals surface area contributed by atoms with Gasteiger partial charge in [-0.1, -0.05) is 41.9 Å². The van der Waals surface area contributed by atoms with Gasteiger partial charge in [0.05, 0.1) is 18.4 Å². The van der Waals surface area contributed by atoms with Crippen molar-refractivity contribution in [2.75, 3.05) is 7.11 Å². The number of nitrogens with zero attached hydrogens (tertiary/aromatic N) is 1. The van der Waals surface area contributed by atoms with E-state index in [1.807, 2.05) is 30.3 Å². The first-order chi connectivity index (χ1) is 7.72. The van der Waals surface area contributed by atoms with Crippen molar-refractivity contribution in [2.24, 2.45) is 5.10 Å². The minimum atomic E-state index is -0.638. The fraction of sp³-hybridized carbons (Fsp3) is 0.0909. The van der Waals surface area contributed by atoms with Crippen LogP contribution in [0.1, 0.15) is 5.56 Å². The van der Waals surface area contributed by atoms with Gasteiger partial charge in [0.15, 0.2) is 0 Å². The standard InChI is InChI=1S/C11H11ClN2O2/c1-16-11(15)14-13-8-10(12)7-9-5-3-2-4-6-9/h2-8H,1H3,(H,14,15)/b10-7-,13-8-. The van der Waals surface area contributed by atoms with Crippen LogP contribution in [0.3, 0.4) is 0 Å². The van der Waals surface area contributed by atoms with Gasteiger partial charge in [0, 0.05) is 0 Å². The minimum Gasteiger partial charge on any atom is -0.452 e. The van der Waals surface area contributed by atoms with Crippen molar-refractivity contribution < 1.29 is 9.53 Å². The molecule has 0 atom stereocenters. The van der Waals surface area contributed by atoms with Gasteiger partial charge in [0.2, 0.25) is 0 Å². The van der Waals surface area contributed by atoms with Gasteiger partial charge in [-0.3, -0.25) is 0 Å². The van der Waals surface area contributed by atoms with Gasteiger partial charge >= 0.3 is 6.09 Å². The minimum absolute atomic E-state index is 0.405. The maximum absolute atomic E-state index is 10.6. The van der Waals surface area contributed by atoms with Crippen molar-refractivity contribution in [1.29, 1.82) is 0 Å². The Labute approximate surface area is 98.6 Å². The van der Waals surface area contributed by atoms with Crippen molar-refractivity contribution in [3.05, 3.63) is 40.9 Å². The molecule has 0 heterocycles. The Bertz CT molecular complexity index is 402. The molecule has 0 spiro atoms. The van der Waals surface area contributed by atoms with E-state index in [2.05, 4.69) is 15.3 Å². The predicted octanol–water partition coefficient (Wildman–Crippen LogP) is 2.61. The Hall–Kier alpha value is -1.81. The van der Waals surface area contributed by atoms with Crippen molar-refractivity contribution >= 4 is 30.0 Å². The number of hydrogen-bond acceptors (Lipinski definition) is 3. The lowest BCUT2D eigenvalue weighted by Gasteiger charge is -1.95. The highest BCUT2D eigenvalue weighted by Gasteiger charge is 1.93. The number of benzene rings is 1. The number of rotatable bonds is 3. The predicted molar refractivity (Wildman–Crippen MR) is 64.3 cm³/mol. The molecule has 0 unspecified atom stereocenters. The molecule has 1 aromatic carbocycles. The number of halogens is 1. The lowest BCUT2D eigenvalue weighted by Crippen LogP contribution is -2.16. The van der Waals surface area contributed by atoms with Crippen molar-refractivity contribution in [3.63, 3.8) is 0 Å². The SMILES string of the molecule is COC(=O)N/N=C\C(Cl)=C\c1ccccc1. The number of allylic oxidation sites excluding steroid dienone is 1. The number of ether oxygens (including phenoxy) is 1. The molecule has 0 aliphatic heterocycles. The first kappa shape index (κ1) is 12.3. The molecular weight excluding hydrogens is 228 g/mol. The highest BCUT2D eigenvalue weighted by atomic mass is 35.5. The Morgan fingerprint density at radius 1 is 1.44 bits per heavy atom. The van der Waals surface area contributed by atoms with Gasteiger partial charge in [-0.2, -0.15) is 5.10 Å². The summed E-state index contributed by atoms with van der Waals surface area (Å²) in [5.41, 5.74) is 3.09. The molecule has 1 amide bonds. The average Bonchev–Trinajstić information content (AvgIpc) is 2.30. The number of methoxy groups -OCH3 is 1. The first-order valence-electron chi connectivity index (χ1n) is 4.51. The molecule has 16 heavy (non-hydrogen) atoms. The summed E-state index contributed by atoms with van der Waals surface area (Å²) < 4.78 is 4.32. The molecule has 0 bridgehead atoms. The molecule has 0 radical (unpaired) electrons. The van der Waals surface area contributed by atoms with E-state index in [1.165, 1.54) is 13.3 Å². The van der Waals surface area contributed by atoms with Crippen LogP contribution in [-0.4, -0.2) is 19.4 Å². The summed E-state index contributed by atoms with van der Waals surface area (Å²) in [5.74, 6) is 0. The summed E-state index contributed by atoms with van der Waals surface area (Å²) >= 11 is 5.86. The molecule has 1 aromatic rings. The summed E-state index contributed by atoms with van der Waals surface area (Å²) in [6, 6.07) is 9.53. The summed E-state index contributed by atoms with van der Waals surface area (Å²) in [5, 5.41) is 3.99. The zero-order valence-electron chi connectivity index (χ0n) is 8.68. The van der Waals surface area contributed by atoms with E-state index in [0.29, 0.717) is 5.03 Å². The topological polar surface area (TPSA) is 50.7 Å². The second kappa shape index (κ2) is 6.63. The van der Waals surface area contributed by atoms with Crippen LogP contribution in [-0.2, 0) is 4.74 Å². The van der Waals surface area contributed by atoms with E-state index in [0.717, 1.165) is 5.56 Å². The molecule has 1 rings (SSSR count). The Balaban J connectivity index is 2.55. The van der Waals surface area contributed by atoms with Crippen molar-refractivity contribution in [3.8, 4) is 0 Å². The van der Waals surface area contributed by atoms with Crippen LogP contribution >= 0.6 is 11.6 Å². The fourth-order valence-corrected chi connectivity index (χ4v) is 1.11. The van der Waals surface area contributed by atoms with E-state index < -0.39 is 6.09 Å². The molecule has 0 aliphatic rings. The molecule has 0 aliphatic carbocycles. The largest absolute Gasteiger partial charge is 0.452 e. The fourth-order valence-electron chi connectivity index (χ4n) is 0.938. The van der Waals surface area contributed by atoms with Crippen molar-refractivity contribution in [2.45, 2.75) is 0 Å². The average molecular weight is 239 g/mol. The number of amides is 1. The molecule has 84 valence electrons. The summed E-state index contributed by atoms with van der Waals surface area (Å²) in [7, 11) is 1.26. The van der Waals surface area contributed by atoms with Crippen LogP contribution in [0.4, 0.5) is 4.79 Å². The van der Waals surface area contributed by atoms with E-state index in [4.69, 9.17) is 11.6 Å². The quantitative estimate of drug-likeness (QED) is 0.650. The van der Waals surface area contributed by atoms with E-state index in [1.54, 1.807) is 6.08 Å². The molecule has 1 N–H and O–H groups in total. The summed E-state index contributed by atoms with van der Waals surface area (Å²) in [6.07, 6.45) is 2.41.